The van der Waals surface area contributed by atoms with E-state index >= 15 is 0 Å². The first-order valence-electron chi connectivity index (χ1n) is 7.88. The molecule has 2 fully saturated rings. The maximum atomic E-state index is 12.4. The maximum absolute atomic E-state index is 12.4. The number of amides is 1. The molecular formula is C16H24N4O. The van der Waals surface area contributed by atoms with Crippen LogP contribution in [0.1, 0.15) is 24.8 Å². The van der Waals surface area contributed by atoms with Crippen LogP contribution >= 0.6 is 0 Å². The number of piperidine rings is 1. The molecule has 0 aliphatic carbocycles. The van der Waals surface area contributed by atoms with E-state index in [2.05, 4.69) is 9.88 Å². The number of nitrogens with zero attached hydrogens (tertiary/aromatic N) is 3. The lowest BCUT2D eigenvalue weighted by Gasteiger charge is -2.34. The molecule has 3 heterocycles. The van der Waals surface area contributed by atoms with E-state index in [1.54, 1.807) is 12.4 Å². The van der Waals surface area contributed by atoms with E-state index in [-0.39, 0.29) is 5.91 Å². The van der Waals surface area contributed by atoms with Gasteiger partial charge in [0.05, 0.1) is 6.42 Å². The molecule has 1 unspecified atom stereocenters. The highest BCUT2D eigenvalue weighted by atomic mass is 16.2. The molecule has 1 aromatic rings. The molecular weight excluding hydrogens is 264 g/mol. The van der Waals surface area contributed by atoms with Crippen molar-refractivity contribution in [3.05, 3.63) is 30.1 Å². The summed E-state index contributed by atoms with van der Waals surface area (Å²) in [6.45, 7) is 3.92. The first-order valence-corrected chi connectivity index (χ1v) is 7.88. The minimum atomic E-state index is 0.234. The first-order chi connectivity index (χ1) is 10.2. The van der Waals surface area contributed by atoms with Gasteiger partial charge < -0.3 is 10.6 Å². The fourth-order valence-corrected chi connectivity index (χ4v) is 3.34. The van der Waals surface area contributed by atoms with Crippen LogP contribution in [-0.2, 0) is 11.2 Å². The summed E-state index contributed by atoms with van der Waals surface area (Å²) >= 11 is 0. The van der Waals surface area contributed by atoms with Crippen molar-refractivity contribution in [3.8, 4) is 0 Å². The Hall–Kier alpha value is -1.46. The Kier molecular flexibility index (Phi) is 4.51. The van der Waals surface area contributed by atoms with Gasteiger partial charge in [-0.2, -0.15) is 0 Å². The molecule has 21 heavy (non-hydrogen) atoms. The second-order valence-corrected chi connectivity index (χ2v) is 6.19. The summed E-state index contributed by atoms with van der Waals surface area (Å²) in [6, 6.07) is 4.72. The number of rotatable bonds is 3. The number of carbonyl (C=O) groups is 1. The molecule has 2 N–H and O–H groups in total. The highest BCUT2D eigenvalue weighted by molar-refractivity contribution is 5.79. The second-order valence-electron chi connectivity index (χ2n) is 6.19. The van der Waals surface area contributed by atoms with Gasteiger partial charge in [0.2, 0.25) is 5.91 Å². The van der Waals surface area contributed by atoms with Crippen LogP contribution in [0, 0.1) is 0 Å². The van der Waals surface area contributed by atoms with E-state index in [9.17, 15) is 4.79 Å². The summed E-state index contributed by atoms with van der Waals surface area (Å²) in [4.78, 5) is 20.9. The third kappa shape index (κ3) is 3.60. The van der Waals surface area contributed by atoms with E-state index in [1.807, 2.05) is 17.0 Å². The molecule has 5 heteroatoms. The second kappa shape index (κ2) is 6.54. The Morgan fingerprint density at radius 1 is 1.19 bits per heavy atom. The van der Waals surface area contributed by atoms with Crippen LogP contribution in [0.4, 0.5) is 0 Å². The smallest absolute Gasteiger partial charge is 0.227 e. The van der Waals surface area contributed by atoms with Gasteiger partial charge in [-0.3, -0.25) is 14.7 Å². The molecule has 1 atom stereocenters. The number of carbonyl (C=O) groups excluding carboxylic acids is 1. The summed E-state index contributed by atoms with van der Waals surface area (Å²) in [5, 5.41) is 0. The zero-order valence-electron chi connectivity index (χ0n) is 12.4. The standard InChI is InChI=1S/C16H24N4O/c17-14-3-8-19(9-4-14)15-5-10-20(12-15)16(21)11-13-1-6-18-7-2-13/h1-2,6-7,14-15H,3-5,8-12,17H2. The molecule has 0 spiro atoms. The molecule has 1 aromatic heterocycles. The molecule has 2 saturated heterocycles. The fraction of sp³-hybridized carbons (Fsp3) is 0.625. The summed E-state index contributed by atoms with van der Waals surface area (Å²) in [7, 11) is 0. The molecule has 0 aromatic carbocycles. The van der Waals surface area contributed by atoms with E-state index < -0.39 is 0 Å². The van der Waals surface area contributed by atoms with Gasteiger partial charge in [0, 0.05) is 37.6 Å². The molecule has 3 rings (SSSR count). The van der Waals surface area contributed by atoms with Gasteiger partial charge in [0.1, 0.15) is 0 Å². The van der Waals surface area contributed by atoms with Crippen LogP contribution in [0.15, 0.2) is 24.5 Å². The van der Waals surface area contributed by atoms with Gasteiger partial charge in [-0.05, 0) is 50.0 Å². The molecule has 2 aliphatic rings. The molecule has 2 aliphatic heterocycles. The van der Waals surface area contributed by atoms with Gasteiger partial charge >= 0.3 is 0 Å². The summed E-state index contributed by atoms with van der Waals surface area (Å²) < 4.78 is 0. The third-order valence-corrected chi connectivity index (χ3v) is 4.71. The zero-order valence-corrected chi connectivity index (χ0v) is 12.4. The van der Waals surface area contributed by atoms with Crippen molar-refractivity contribution < 1.29 is 4.79 Å². The fourth-order valence-electron chi connectivity index (χ4n) is 3.34. The summed E-state index contributed by atoms with van der Waals surface area (Å²) in [5.74, 6) is 0.234. The minimum Gasteiger partial charge on any atom is -0.341 e. The average Bonchev–Trinajstić information content (AvgIpc) is 2.99. The molecule has 0 bridgehead atoms. The monoisotopic (exact) mass is 288 g/mol. The lowest BCUT2D eigenvalue weighted by Crippen LogP contribution is -2.46. The number of hydrogen-bond acceptors (Lipinski definition) is 4. The van der Waals surface area contributed by atoms with Crippen LogP contribution < -0.4 is 5.73 Å². The molecule has 1 amide bonds. The number of aromatic nitrogens is 1. The quantitative estimate of drug-likeness (QED) is 0.887. The normalized spacial score (nSPS) is 24.4. The van der Waals surface area contributed by atoms with Crippen LogP contribution in [-0.4, -0.2) is 59.0 Å². The van der Waals surface area contributed by atoms with Crippen molar-refractivity contribution in [2.75, 3.05) is 26.2 Å². The van der Waals surface area contributed by atoms with Gasteiger partial charge in [0.15, 0.2) is 0 Å². The molecule has 0 radical (unpaired) electrons. The van der Waals surface area contributed by atoms with Gasteiger partial charge in [-0.25, -0.2) is 0 Å². The molecule has 5 nitrogen and oxygen atoms in total. The van der Waals surface area contributed by atoms with Crippen molar-refractivity contribution in [2.45, 2.75) is 37.8 Å². The molecule has 114 valence electrons. The topological polar surface area (TPSA) is 62.5 Å². The van der Waals surface area contributed by atoms with Crippen molar-refractivity contribution in [1.29, 1.82) is 0 Å². The maximum Gasteiger partial charge on any atom is 0.227 e. The predicted octanol–water partition coefficient (Wildman–Crippen LogP) is 0.648. The van der Waals surface area contributed by atoms with Gasteiger partial charge in [-0.15, -0.1) is 0 Å². The number of likely N-dealkylation sites (tertiary alicyclic amines) is 2. The average molecular weight is 288 g/mol. The van der Waals surface area contributed by atoms with Crippen LogP contribution in [0.25, 0.3) is 0 Å². The largest absolute Gasteiger partial charge is 0.341 e. The predicted molar refractivity (Wildman–Crippen MR) is 81.7 cm³/mol. The highest BCUT2D eigenvalue weighted by Gasteiger charge is 2.31. The number of pyridine rings is 1. The Morgan fingerprint density at radius 2 is 1.90 bits per heavy atom. The SMILES string of the molecule is NC1CCN(C2CCN(C(=O)Cc3ccncc3)C2)CC1. The van der Waals surface area contributed by atoms with Crippen molar-refractivity contribution in [1.82, 2.24) is 14.8 Å². The van der Waals surface area contributed by atoms with Crippen molar-refractivity contribution >= 4 is 5.91 Å². The highest BCUT2D eigenvalue weighted by Crippen LogP contribution is 2.20. The van der Waals surface area contributed by atoms with E-state index in [0.717, 1.165) is 51.0 Å². The van der Waals surface area contributed by atoms with Crippen LogP contribution in [0.2, 0.25) is 0 Å². The summed E-state index contributed by atoms with van der Waals surface area (Å²) in [6.07, 6.45) is 7.24. The Bertz CT molecular complexity index is 470. The minimum absolute atomic E-state index is 0.234. The van der Waals surface area contributed by atoms with E-state index in [0.29, 0.717) is 18.5 Å². The van der Waals surface area contributed by atoms with E-state index in [4.69, 9.17) is 5.73 Å². The van der Waals surface area contributed by atoms with Crippen LogP contribution in [0.5, 0.6) is 0 Å². The lowest BCUT2D eigenvalue weighted by molar-refractivity contribution is -0.129. The summed E-state index contributed by atoms with van der Waals surface area (Å²) in [5.41, 5.74) is 7.00. The Labute approximate surface area is 126 Å². The zero-order chi connectivity index (χ0) is 14.7. The number of nitrogens with two attached hydrogens (primary N) is 1. The Morgan fingerprint density at radius 3 is 2.62 bits per heavy atom. The lowest BCUT2D eigenvalue weighted by atomic mass is 10.0. The van der Waals surface area contributed by atoms with Crippen molar-refractivity contribution in [2.24, 2.45) is 5.73 Å². The Balaban J connectivity index is 1.51. The van der Waals surface area contributed by atoms with Gasteiger partial charge in [0.25, 0.3) is 0 Å². The van der Waals surface area contributed by atoms with Gasteiger partial charge in [-0.1, -0.05) is 0 Å². The number of hydrogen-bond donors (Lipinski definition) is 1. The third-order valence-electron chi connectivity index (χ3n) is 4.71. The first kappa shape index (κ1) is 14.5. The van der Waals surface area contributed by atoms with E-state index in [1.165, 1.54) is 0 Å². The van der Waals surface area contributed by atoms with Crippen molar-refractivity contribution in [3.63, 3.8) is 0 Å². The van der Waals surface area contributed by atoms with Crippen LogP contribution in [0.3, 0.4) is 0 Å². The molecule has 0 saturated carbocycles.